The molecule has 1 aromatic carbocycles. The number of hydrogen-bond donors (Lipinski definition) is 1. The van der Waals surface area contributed by atoms with Crippen molar-refractivity contribution in [1.82, 2.24) is 29.9 Å². The van der Waals surface area contributed by atoms with E-state index in [1.165, 1.54) is 0 Å². The van der Waals surface area contributed by atoms with Gasteiger partial charge in [0, 0.05) is 37.3 Å². The molecule has 0 saturated carbocycles. The molecule has 0 aliphatic carbocycles. The molecule has 2 aromatic heterocycles. The zero-order valence-corrected chi connectivity index (χ0v) is 13.7. The lowest BCUT2D eigenvalue weighted by Crippen LogP contribution is -2.43. The third kappa shape index (κ3) is 3.26. The molecule has 3 heterocycles. The Balaban J connectivity index is 1.59. The first-order chi connectivity index (χ1) is 12.2. The van der Waals surface area contributed by atoms with Crippen molar-refractivity contribution in [3.63, 3.8) is 0 Å². The van der Waals surface area contributed by atoms with Gasteiger partial charge in [0.25, 0.3) is 0 Å². The van der Waals surface area contributed by atoms with Gasteiger partial charge in [-0.3, -0.25) is 10.00 Å². The van der Waals surface area contributed by atoms with E-state index in [0.29, 0.717) is 26.3 Å². The minimum atomic E-state index is -0.215. The van der Waals surface area contributed by atoms with E-state index in [1.54, 1.807) is 15.8 Å². The lowest BCUT2D eigenvalue weighted by molar-refractivity contribution is 0.0564. The van der Waals surface area contributed by atoms with Crippen molar-refractivity contribution >= 4 is 22.9 Å². The second kappa shape index (κ2) is 6.44. The minimum Gasteiger partial charge on any atom is -0.378 e. The van der Waals surface area contributed by atoms with Gasteiger partial charge in [-0.2, -0.15) is 0 Å². The molecule has 0 bridgehead atoms. The van der Waals surface area contributed by atoms with Crippen LogP contribution < -0.4 is 5.32 Å². The number of benzene rings is 1. The lowest BCUT2D eigenvalue weighted by atomic mass is 10.1. The van der Waals surface area contributed by atoms with Gasteiger partial charge in [-0.05, 0) is 6.07 Å². The van der Waals surface area contributed by atoms with Crippen LogP contribution >= 0.6 is 0 Å². The Morgan fingerprint density at radius 2 is 2.12 bits per heavy atom. The molecule has 0 radical (unpaired) electrons. The van der Waals surface area contributed by atoms with Gasteiger partial charge in [0.05, 0.1) is 24.9 Å². The number of nitrogens with zero attached hydrogens (tertiary/aromatic N) is 6. The largest absolute Gasteiger partial charge is 0.378 e. The second-order valence-corrected chi connectivity index (χ2v) is 5.77. The first-order valence-electron chi connectivity index (χ1n) is 7.96. The molecule has 0 unspecified atom stereocenters. The molecule has 25 heavy (non-hydrogen) atoms. The third-order valence-corrected chi connectivity index (χ3v) is 4.00. The van der Waals surface area contributed by atoms with Crippen LogP contribution in [0.25, 0.3) is 22.2 Å². The van der Waals surface area contributed by atoms with Gasteiger partial charge >= 0.3 is 6.03 Å². The topological polar surface area (TPSA) is 98.1 Å². The van der Waals surface area contributed by atoms with Crippen molar-refractivity contribution < 1.29 is 9.53 Å². The molecule has 4 rings (SSSR count). The number of carbonyl (C=O) groups is 1. The quantitative estimate of drug-likeness (QED) is 0.755. The maximum Gasteiger partial charge on any atom is 0.324 e. The van der Waals surface area contributed by atoms with E-state index in [1.807, 2.05) is 31.4 Å². The van der Waals surface area contributed by atoms with Crippen molar-refractivity contribution in [2.24, 2.45) is 7.05 Å². The van der Waals surface area contributed by atoms with Crippen LogP contribution in [-0.2, 0) is 11.8 Å². The molecule has 0 atom stereocenters. The summed E-state index contributed by atoms with van der Waals surface area (Å²) in [7, 11) is 1.82. The maximum atomic E-state index is 12.3. The highest BCUT2D eigenvalue weighted by Crippen LogP contribution is 2.22. The molecule has 3 aromatic rings. The fourth-order valence-electron chi connectivity index (χ4n) is 2.66. The molecule has 128 valence electrons. The number of urea groups is 1. The van der Waals surface area contributed by atoms with Crippen molar-refractivity contribution in [2.75, 3.05) is 31.6 Å². The van der Waals surface area contributed by atoms with E-state index in [2.05, 4.69) is 25.6 Å². The fraction of sp³-hybridized carbons (Fsp3) is 0.312. The summed E-state index contributed by atoms with van der Waals surface area (Å²) in [5, 5.41) is 11.7. The number of ether oxygens (including phenoxy) is 1. The second-order valence-electron chi connectivity index (χ2n) is 5.77. The number of nitrogens with one attached hydrogen (secondary N) is 1. The molecule has 2 amide bonds. The Labute approximate surface area is 143 Å². The standard InChI is InChI=1S/C16H17N7O2/c1-22-10-14(20-21-22)11-2-3-12-9-17-15(18-13(12)8-11)19-16(24)23-4-6-25-7-5-23/h2-3,8-10H,4-7H2,1H3,(H,17,18,19,24). The van der Waals surface area contributed by atoms with Crippen LogP contribution in [0.1, 0.15) is 0 Å². The smallest absolute Gasteiger partial charge is 0.324 e. The highest BCUT2D eigenvalue weighted by Gasteiger charge is 2.17. The minimum absolute atomic E-state index is 0.215. The lowest BCUT2D eigenvalue weighted by Gasteiger charge is -2.26. The number of morpholine rings is 1. The number of rotatable bonds is 2. The summed E-state index contributed by atoms with van der Waals surface area (Å²) in [5.41, 5.74) is 2.40. The molecule has 9 heteroatoms. The summed E-state index contributed by atoms with van der Waals surface area (Å²) >= 11 is 0. The molecule has 1 N–H and O–H groups in total. The van der Waals surface area contributed by atoms with Gasteiger partial charge in [-0.15, -0.1) is 5.10 Å². The Kier molecular flexibility index (Phi) is 3.98. The molecule has 1 saturated heterocycles. The highest BCUT2D eigenvalue weighted by molar-refractivity contribution is 5.89. The van der Waals surface area contributed by atoms with Crippen molar-refractivity contribution in [3.05, 3.63) is 30.6 Å². The molecule has 1 fully saturated rings. The molecule has 0 spiro atoms. The number of aromatic nitrogens is 5. The van der Waals surface area contributed by atoms with Crippen molar-refractivity contribution in [2.45, 2.75) is 0 Å². The maximum absolute atomic E-state index is 12.3. The Morgan fingerprint density at radius 1 is 1.28 bits per heavy atom. The first kappa shape index (κ1) is 15.5. The predicted octanol–water partition coefficient (Wildman–Crippen LogP) is 1.29. The summed E-state index contributed by atoms with van der Waals surface area (Å²) in [6.07, 6.45) is 3.53. The Bertz CT molecular complexity index is 918. The highest BCUT2D eigenvalue weighted by atomic mass is 16.5. The number of hydrogen-bond acceptors (Lipinski definition) is 6. The Hall–Kier alpha value is -3.07. The number of fused-ring (bicyclic) bond motifs is 1. The average molecular weight is 339 g/mol. The molecular weight excluding hydrogens is 322 g/mol. The number of amides is 2. The summed E-state index contributed by atoms with van der Waals surface area (Å²) in [6, 6.07) is 5.56. The van der Waals surface area contributed by atoms with E-state index >= 15 is 0 Å². The summed E-state index contributed by atoms with van der Waals surface area (Å²) in [4.78, 5) is 22.6. The van der Waals surface area contributed by atoms with E-state index in [4.69, 9.17) is 4.74 Å². The summed E-state index contributed by atoms with van der Waals surface area (Å²) in [6.45, 7) is 2.23. The van der Waals surface area contributed by atoms with Crippen LogP contribution in [0.5, 0.6) is 0 Å². The van der Waals surface area contributed by atoms with E-state index in [-0.39, 0.29) is 12.0 Å². The van der Waals surface area contributed by atoms with Crippen molar-refractivity contribution in [1.29, 1.82) is 0 Å². The van der Waals surface area contributed by atoms with Crippen LogP contribution in [0.4, 0.5) is 10.7 Å². The van der Waals surface area contributed by atoms with Gasteiger partial charge < -0.3 is 9.64 Å². The van der Waals surface area contributed by atoms with Crippen LogP contribution in [0.3, 0.4) is 0 Å². The van der Waals surface area contributed by atoms with E-state index in [9.17, 15) is 4.79 Å². The molecule has 9 nitrogen and oxygen atoms in total. The predicted molar refractivity (Wildman–Crippen MR) is 90.9 cm³/mol. The fourth-order valence-corrected chi connectivity index (χ4v) is 2.66. The summed E-state index contributed by atoms with van der Waals surface area (Å²) in [5.74, 6) is 0.278. The molecule has 1 aliphatic rings. The molecular formula is C16H17N7O2. The van der Waals surface area contributed by atoms with E-state index in [0.717, 1.165) is 22.2 Å². The van der Waals surface area contributed by atoms with Gasteiger partial charge in [0.2, 0.25) is 5.95 Å². The Morgan fingerprint density at radius 3 is 2.88 bits per heavy atom. The van der Waals surface area contributed by atoms with Crippen LogP contribution in [-0.4, -0.2) is 62.2 Å². The van der Waals surface area contributed by atoms with Gasteiger partial charge in [-0.1, -0.05) is 17.3 Å². The van der Waals surface area contributed by atoms with Crippen LogP contribution in [0.2, 0.25) is 0 Å². The zero-order valence-electron chi connectivity index (χ0n) is 13.7. The molecule has 1 aliphatic heterocycles. The SMILES string of the molecule is Cn1cc(-c2ccc3cnc(NC(=O)N4CCOCC4)nc3c2)nn1. The average Bonchev–Trinajstić information content (AvgIpc) is 3.08. The normalized spacial score (nSPS) is 14.7. The number of carbonyl (C=O) groups excluding carboxylic acids is 1. The number of aryl methyl sites for hydroxylation is 1. The van der Waals surface area contributed by atoms with Crippen LogP contribution in [0.15, 0.2) is 30.6 Å². The van der Waals surface area contributed by atoms with Gasteiger partial charge in [0.15, 0.2) is 0 Å². The van der Waals surface area contributed by atoms with Gasteiger partial charge in [0.1, 0.15) is 5.69 Å². The monoisotopic (exact) mass is 339 g/mol. The zero-order chi connectivity index (χ0) is 17.2. The van der Waals surface area contributed by atoms with Gasteiger partial charge in [-0.25, -0.2) is 14.8 Å². The van der Waals surface area contributed by atoms with E-state index < -0.39 is 0 Å². The number of anilines is 1. The first-order valence-corrected chi connectivity index (χ1v) is 7.96. The van der Waals surface area contributed by atoms with Crippen LogP contribution in [0, 0.1) is 0 Å². The van der Waals surface area contributed by atoms with Crippen molar-refractivity contribution in [3.8, 4) is 11.3 Å². The third-order valence-electron chi connectivity index (χ3n) is 4.00. The summed E-state index contributed by atoms with van der Waals surface area (Å²) < 4.78 is 6.90.